The Morgan fingerprint density at radius 3 is 2.86 bits per heavy atom. The normalized spacial score (nSPS) is 9.71. The van der Waals surface area contributed by atoms with Gasteiger partial charge in [-0.3, -0.25) is 9.67 Å². The van der Waals surface area contributed by atoms with Crippen molar-refractivity contribution in [3.8, 4) is 17.3 Å². The van der Waals surface area contributed by atoms with E-state index in [0.29, 0.717) is 5.56 Å². The smallest absolute Gasteiger partial charge is 0.101 e. The maximum atomic E-state index is 8.89. The lowest BCUT2D eigenvalue weighted by Crippen LogP contribution is -1.95. The first kappa shape index (κ1) is 8.45. The van der Waals surface area contributed by atoms with Crippen LogP contribution in [0, 0.1) is 11.3 Å². The van der Waals surface area contributed by atoms with E-state index in [9.17, 15) is 0 Å². The monoisotopic (exact) mass is 184 g/mol. The summed E-state index contributed by atoms with van der Waals surface area (Å²) in [6.07, 6.45) is 4.93. The quantitative estimate of drug-likeness (QED) is 0.672. The van der Waals surface area contributed by atoms with E-state index >= 15 is 0 Å². The van der Waals surface area contributed by atoms with Gasteiger partial charge in [-0.1, -0.05) is 0 Å². The molecule has 2 aromatic heterocycles. The summed E-state index contributed by atoms with van der Waals surface area (Å²) in [5.74, 6) is 0. The molecule has 0 N–H and O–H groups in total. The van der Waals surface area contributed by atoms with E-state index in [0.717, 1.165) is 11.3 Å². The van der Waals surface area contributed by atoms with Gasteiger partial charge in [-0.05, 0) is 12.1 Å². The molecule has 0 radical (unpaired) electrons. The summed E-state index contributed by atoms with van der Waals surface area (Å²) in [5, 5.41) is 12.9. The van der Waals surface area contributed by atoms with Crippen molar-refractivity contribution in [3.63, 3.8) is 0 Å². The molecule has 14 heavy (non-hydrogen) atoms. The zero-order valence-electron chi connectivity index (χ0n) is 7.68. The Hall–Kier alpha value is -2.15. The van der Waals surface area contributed by atoms with E-state index < -0.39 is 0 Å². The summed E-state index contributed by atoms with van der Waals surface area (Å²) in [5.41, 5.74) is 2.35. The Morgan fingerprint density at radius 1 is 1.36 bits per heavy atom. The first-order valence-corrected chi connectivity index (χ1v) is 4.15. The molecule has 0 unspecified atom stereocenters. The lowest BCUT2D eigenvalue weighted by molar-refractivity contribution is 0.775. The van der Waals surface area contributed by atoms with Crippen LogP contribution < -0.4 is 0 Å². The number of rotatable bonds is 1. The van der Waals surface area contributed by atoms with Crippen molar-refractivity contribution >= 4 is 0 Å². The molecule has 0 amide bonds. The third-order valence-electron chi connectivity index (χ3n) is 2.04. The van der Waals surface area contributed by atoms with Gasteiger partial charge in [-0.25, -0.2) is 0 Å². The fraction of sp³-hybridized carbons (Fsp3) is 0.100. The highest BCUT2D eigenvalue weighted by Gasteiger charge is 2.07. The Bertz CT molecular complexity index is 493. The summed E-state index contributed by atoms with van der Waals surface area (Å²) in [6.45, 7) is 0. The number of aromatic nitrogens is 3. The zero-order valence-corrected chi connectivity index (χ0v) is 7.68. The van der Waals surface area contributed by atoms with Crippen LogP contribution in [0.4, 0.5) is 0 Å². The molecule has 4 nitrogen and oxygen atoms in total. The van der Waals surface area contributed by atoms with E-state index in [1.807, 2.05) is 19.2 Å². The topological polar surface area (TPSA) is 54.5 Å². The molecule has 0 saturated carbocycles. The van der Waals surface area contributed by atoms with Gasteiger partial charge < -0.3 is 0 Å². The molecular weight excluding hydrogens is 176 g/mol. The Balaban J connectivity index is 2.64. The van der Waals surface area contributed by atoms with Crippen LogP contribution in [0.5, 0.6) is 0 Å². The van der Waals surface area contributed by atoms with Crippen molar-refractivity contribution in [3.05, 3.63) is 36.3 Å². The van der Waals surface area contributed by atoms with Crippen LogP contribution in [0.3, 0.4) is 0 Å². The molecular formula is C10H8N4. The van der Waals surface area contributed by atoms with Gasteiger partial charge in [0.1, 0.15) is 6.07 Å². The summed E-state index contributed by atoms with van der Waals surface area (Å²) < 4.78 is 1.73. The molecule has 2 heterocycles. The van der Waals surface area contributed by atoms with Crippen LogP contribution in [-0.4, -0.2) is 14.8 Å². The predicted molar refractivity (Wildman–Crippen MR) is 51.2 cm³/mol. The maximum absolute atomic E-state index is 8.89. The molecule has 0 aliphatic heterocycles. The minimum absolute atomic E-state index is 0.566. The number of aryl methyl sites for hydroxylation is 1. The molecule has 0 fully saturated rings. The summed E-state index contributed by atoms with van der Waals surface area (Å²) >= 11 is 0. The second-order valence-electron chi connectivity index (χ2n) is 2.87. The van der Waals surface area contributed by atoms with E-state index in [4.69, 9.17) is 5.26 Å². The molecule has 0 spiro atoms. The Labute approximate surface area is 81.4 Å². The molecule has 0 aromatic carbocycles. The molecule has 4 heteroatoms. The van der Waals surface area contributed by atoms with Crippen LogP contribution in [0.1, 0.15) is 5.56 Å². The van der Waals surface area contributed by atoms with Crippen LogP contribution in [0.2, 0.25) is 0 Å². The number of nitriles is 1. The first-order chi connectivity index (χ1) is 6.83. The van der Waals surface area contributed by atoms with Crippen molar-refractivity contribution in [2.24, 2.45) is 7.05 Å². The fourth-order valence-electron chi connectivity index (χ4n) is 1.35. The third kappa shape index (κ3) is 1.25. The van der Waals surface area contributed by atoms with Gasteiger partial charge in [0.2, 0.25) is 0 Å². The fourth-order valence-corrected chi connectivity index (χ4v) is 1.35. The highest BCUT2D eigenvalue weighted by atomic mass is 15.3. The second-order valence-corrected chi connectivity index (χ2v) is 2.87. The van der Waals surface area contributed by atoms with Gasteiger partial charge in [0, 0.05) is 31.2 Å². The van der Waals surface area contributed by atoms with Crippen LogP contribution >= 0.6 is 0 Å². The van der Waals surface area contributed by atoms with Gasteiger partial charge in [0.05, 0.1) is 11.3 Å². The van der Waals surface area contributed by atoms with Gasteiger partial charge in [-0.15, -0.1) is 0 Å². The standard InChI is InChI=1S/C10H8N4/c1-14-10(3-5-13-14)9-2-4-12-7-8(9)6-11/h2-5,7H,1H3. The van der Waals surface area contributed by atoms with Crippen molar-refractivity contribution in [1.82, 2.24) is 14.8 Å². The number of nitrogens with zero attached hydrogens (tertiary/aromatic N) is 4. The van der Waals surface area contributed by atoms with Crippen LogP contribution in [-0.2, 0) is 7.05 Å². The Kier molecular flexibility index (Phi) is 1.99. The van der Waals surface area contributed by atoms with Crippen molar-refractivity contribution in [1.29, 1.82) is 5.26 Å². The van der Waals surface area contributed by atoms with Gasteiger partial charge in [0.25, 0.3) is 0 Å². The van der Waals surface area contributed by atoms with Gasteiger partial charge in [-0.2, -0.15) is 10.4 Å². The highest BCUT2D eigenvalue weighted by Crippen LogP contribution is 2.20. The van der Waals surface area contributed by atoms with Gasteiger partial charge in [0.15, 0.2) is 0 Å². The first-order valence-electron chi connectivity index (χ1n) is 4.15. The minimum atomic E-state index is 0.566. The lowest BCUT2D eigenvalue weighted by Gasteiger charge is -2.02. The van der Waals surface area contributed by atoms with E-state index in [-0.39, 0.29) is 0 Å². The number of hydrogen-bond donors (Lipinski definition) is 0. The molecule has 2 rings (SSSR count). The molecule has 68 valence electrons. The molecule has 0 aliphatic rings. The van der Waals surface area contributed by atoms with Crippen molar-refractivity contribution < 1.29 is 0 Å². The van der Waals surface area contributed by atoms with E-state index in [1.165, 1.54) is 0 Å². The van der Waals surface area contributed by atoms with Crippen molar-refractivity contribution in [2.75, 3.05) is 0 Å². The third-order valence-corrected chi connectivity index (χ3v) is 2.04. The molecule has 0 aliphatic carbocycles. The maximum Gasteiger partial charge on any atom is 0.101 e. The molecule has 0 saturated heterocycles. The second kappa shape index (κ2) is 3.30. The summed E-state index contributed by atoms with van der Waals surface area (Å²) in [4.78, 5) is 3.90. The molecule has 0 bridgehead atoms. The largest absolute Gasteiger partial charge is 0.268 e. The number of hydrogen-bond acceptors (Lipinski definition) is 3. The van der Waals surface area contributed by atoms with E-state index in [2.05, 4.69) is 16.2 Å². The average molecular weight is 184 g/mol. The average Bonchev–Trinajstić information content (AvgIpc) is 2.64. The molecule has 2 aromatic rings. The number of pyridine rings is 1. The molecule has 0 atom stereocenters. The van der Waals surface area contributed by atoms with Gasteiger partial charge >= 0.3 is 0 Å². The lowest BCUT2D eigenvalue weighted by atomic mass is 10.1. The SMILES string of the molecule is Cn1nccc1-c1ccncc1C#N. The zero-order chi connectivity index (χ0) is 9.97. The predicted octanol–water partition coefficient (Wildman–Crippen LogP) is 1.35. The summed E-state index contributed by atoms with van der Waals surface area (Å²) in [6, 6.07) is 5.79. The van der Waals surface area contributed by atoms with Crippen LogP contribution in [0.25, 0.3) is 11.3 Å². The Morgan fingerprint density at radius 2 is 2.21 bits per heavy atom. The van der Waals surface area contributed by atoms with Crippen molar-refractivity contribution in [2.45, 2.75) is 0 Å². The summed E-state index contributed by atoms with van der Waals surface area (Å²) in [7, 11) is 1.84. The van der Waals surface area contributed by atoms with Crippen LogP contribution in [0.15, 0.2) is 30.7 Å². The highest BCUT2D eigenvalue weighted by molar-refractivity contribution is 5.66. The minimum Gasteiger partial charge on any atom is -0.268 e. The van der Waals surface area contributed by atoms with E-state index in [1.54, 1.807) is 23.3 Å².